The molecule has 32 heavy (non-hydrogen) atoms. The molecule has 5 nitrogen and oxygen atoms in total. The van der Waals surface area contributed by atoms with Gasteiger partial charge in [-0.1, -0.05) is 55.5 Å². The van der Waals surface area contributed by atoms with Crippen LogP contribution in [0.25, 0.3) is 0 Å². The summed E-state index contributed by atoms with van der Waals surface area (Å²) in [7, 11) is 1.40. The van der Waals surface area contributed by atoms with E-state index in [4.69, 9.17) is 19.3 Å². The Hall–Kier alpha value is -3.31. The second-order valence-electron chi connectivity index (χ2n) is 7.75. The van der Waals surface area contributed by atoms with E-state index in [1.807, 2.05) is 36.4 Å². The largest absolute Gasteiger partial charge is 0.490 e. The number of methoxy groups -OCH3 is 1. The number of carboxylic acid groups (broad SMARTS) is 1. The fraction of sp³-hybridized carbons (Fsp3) is 0.296. The highest BCUT2D eigenvalue weighted by atomic mass is 16.5. The average molecular weight is 435 g/mol. The Balaban J connectivity index is 1.45. The minimum atomic E-state index is -0.970. The van der Waals surface area contributed by atoms with E-state index in [1.165, 1.54) is 23.8 Å². The van der Waals surface area contributed by atoms with Crippen LogP contribution < -0.4 is 9.47 Å². The Labute approximate surface area is 189 Å². The first-order chi connectivity index (χ1) is 15.5. The van der Waals surface area contributed by atoms with Gasteiger partial charge in [-0.05, 0) is 53.4 Å². The maximum absolute atomic E-state index is 11.1. The summed E-state index contributed by atoms with van der Waals surface area (Å²) in [6.45, 7) is 5.20. The zero-order valence-corrected chi connectivity index (χ0v) is 18.8. The minimum Gasteiger partial charge on any atom is -0.490 e. The molecule has 0 heterocycles. The Kier molecular flexibility index (Phi) is 8.28. The van der Waals surface area contributed by atoms with Crippen LogP contribution in [-0.4, -0.2) is 37.5 Å². The molecule has 0 saturated carbocycles. The summed E-state index contributed by atoms with van der Waals surface area (Å²) in [5, 5.41) is 9.07. The molecule has 0 bridgehead atoms. The predicted molar refractivity (Wildman–Crippen MR) is 125 cm³/mol. The highest BCUT2D eigenvalue weighted by Gasteiger charge is 2.16. The lowest BCUT2D eigenvalue weighted by atomic mass is 9.90. The van der Waals surface area contributed by atoms with Crippen molar-refractivity contribution >= 4 is 5.97 Å². The Morgan fingerprint density at radius 2 is 1.44 bits per heavy atom. The van der Waals surface area contributed by atoms with Gasteiger partial charge in [0, 0.05) is 19.4 Å². The van der Waals surface area contributed by atoms with Gasteiger partial charge in [-0.15, -0.1) is 0 Å². The molecular formula is C27H30O5. The standard InChI is InChI=1S/C27H30O5/c1-19-6-4-5-7-25(19)20(2)22-10-14-24(15-11-22)32-17-16-31-23-12-8-21(9-13-23)18-26(30-3)27(28)29/h4-15,20,26H,16-18H2,1-3H3,(H,28,29)/t20?,26-/m0/s1. The molecule has 0 aromatic heterocycles. The van der Waals surface area contributed by atoms with Gasteiger partial charge in [0.1, 0.15) is 24.7 Å². The van der Waals surface area contributed by atoms with Crippen molar-refractivity contribution < 1.29 is 24.1 Å². The molecule has 0 fully saturated rings. The smallest absolute Gasteiger partial charge is 0.333 e. The predicted octanol–water partition coefficient (Wildman–Crippen LogP) is 5.25. The molecule has 0 amide bonds. The Morgan fingerprint density at radius 3 is 1.97 bits per heavy atom. The third-order valence-electron chi connectivity index (χ3n) is 5.56. The highest BCUT2D eigenvalue weighted by molar-refractivity contribution is 5.72. The number of aryl methyl sites for hydroxylation is 1. The molecule has 0 aliphatic carbocycles. The van der Waals surface area contributed by atoms with Crippen molar-refractivity contribution in [3.05, 3.63) is 95.1 Å². The molecule has 0 radical (unpaired) electrons. The Morgan fingerprint density at radius 1 is 0.875 bits per heavy atom. The number of rotatable bonds is 11. The molecule has 5 heteroatoms. The van der Waals surface area contributed by atoms with Crippen LogP contribution in [0.2, 0.25) is 0 Å². The van der Waals surface area contributed by atoms with Crippen LogP contribution in [0, 0.1) is 6.92 Å². The second-order valence-corrected chi connectivity index (χ2v) is 7.75. The minimum absolute atomic E-state index is 0.313. The van der Waals surface area contributed by atoms with Crippen LogP contribution in [0.15, 0.2) is 72.8 Å². The summed E-state index contributed by atoms with van der Waals surface area (Å²) >= 11 is 0. The van der Waals surface area contributed by atoms with Gasteiger partial charge in [-0.3, -0.25) is 0 Å². The van der Waals surface area contributed by atoms with Crippen molar-refractivity contribution in [3.8, 4) is 11.5 Å². The van der Waals surface area contributed by atoms with Crippen molar-refractivity contribution in [2.24, 2.45) is 0 Å². The number of benzene rings is 3. The topological polar surface area (TPSA) is 65.0 Å². The van der Waals surface area contributed by atoms with Crippen molar-refractivity contribution in [3.63, 3.8) is 0 Å². The van der Waals surface area contributed by atoms with Gasteiger partial charge in [0.25, 0.3) is 0 Å². The number of ether oxygens (including phenoxy) is 3. The van der Waals surface area contributed by atoms with Crippen LogP contribution in [0.4, 0.5) is 0 Å². The van der Waals surface area contributed by atoms with Gasteiger partial charge in [-0.25, -0.2) is 4.79 Å². The van der Waals surface area contributed by atoms with Gasteiger partial charge in [-0.2, -0.15) is 0 Å². The summed E-state index contributed by atoms with van der Waals surface area (Å²) < 4.78 is 16.5. The molecule has 2 atom stereocenters. The Bertz CT molecular complexity index is 995. The fourth-order valence-corrected chi connectivity index (χ4v) is 3.63. The molecule has 1 N–H and O–H groups in total. The first-order valence-corrected chi connectivity index (χ1v) is 10.7. The van der Waals surface area contributed by atoms with Crippen molar-refractivity contribution in [2.75, 3.05) is 20.3 Å². The van der Waals surface area contributed by atoms with E-state index >= 15 is 0 Å². The fourth-order valence-electron chi connectivity index (χ4n) is 3.63. The number of carboxylic acids is 1. The van der Waals surface area contributed by atoms with Crippen LogP contribution in [0.5, 0.6) is 11.5 Å². The maximum Gasteiger partial charge on any atom is 0.333 e. The first kappa shape index (κ1) is 23.4. The van der Waals surface area contributed by atoms with Gasteiger partial charge in [0.15, 0.2) is 6.10 Å². The van der Waals surface area contributed by atoms with Crippen LogP contribution in [-0.2, 0) is 16.0 Å². The van der Waals surface area contributed by atoms with Crippen LogP contribution in [0.1, 0.15) is 35.1 Å². The van der Waals surface area contributed by atoms with Crippen LogP contribution in [0.3, 0.4) is 0 Å². The number of hydrogen-bond acceptors (Lipinski definition) is 4. The summed E-state index contributed by atoms with van der Waals surface area (Å²) in [5.74, 6) is 0.877. The van der Waals surface area contributed by atoms with Crippen molar-refractivity contribution in [1.82, 2.24) is 0 Å². The molecule has 3 aromatic carbocycles. The lowest BCUT2D eigenvalue weighted by molar-refractivity contribution is -0.148. The molecular weight excluding hydrogens is 404 g/mol. The molecule has 0 saturated heterocycles. The number of carbonyl (C=O) groups is 1. The molecule has 1 unspecified atom stereocenters. The van der Waals surface area contributed by atoms with Gasteiger partial charge < -0.3 is 19.3 Å². The summed E-state index contributed by atoms with van der Waals surface area (Å²) in [6, 6.07) is 24.0. The van der Waals surface area contributed by atoms with Crippen LogP contribution >= 0.6 is 0 Å². The van der Waals surface area contributed by atoms with E-state index in [-0.39, 0.29) is 0 Å². The lowest BCUT2D eigenvalue weighted by Gasteiger charge is -2.16. The first-order valence-electron chi connectivity index (χ1n) is 10.7. The monoisotopic (exact) mass is 434 g/mol. The van der Waals surface area contributed by atoms with E-state index in [0.29, 0.717) is 31.3 Å². The zero-order valence-electron chi connectivity index (χ0n) is 18.8. The molecule has 168 valence electrons. The third kappa shape index (κ3) is 6.34. The average Bonchev–Trinajstić information content (AvgIpc) is 2.81. The van der Waals surface area contributed by atoms with Gasteiger partial charge in [0.2, 0.25) is 0 Å². The molecule has 3 rings (SSSR count). The lowest BCUT2D eigenvalue weighted by Crippen LogP contribution is -2.24. The highest BCUT2D eigenvalue weighted by Crippen LogP contribution is 2.28. The normalized spacial score (nSPS) is 12.7. The van der Waals surface area contributed by atoms with Crippen molar-refractivity contribution in [2.45, 2.75) is 32.3 Å². The molecule has 0 aliphatic rings. The zero-order chi connectivity index (χ0) is 22.9. The van der Waals surface area contributed by atoms with E-state index in [1.54, 1.807) is 0 Å². The van der Waals surface area contributed by atoms with E-state index in [2.05, 4.69) is 50.2 Å². The van der Waals surface area contributed by atoms with Gasteiger partial charge in [0.05, 0.1) is 0 Å². The van der Waals surface area contributed by atoms with E-state index < -0.39 is 12.1 Å². The molecule has 3 aromatic rings. The van der Waals surface area contributed by atoms with Gasteiger partial charge >= 0.3 is 5.97 Å². The van der Waals surface area contributed by atoms with E-state index in [0.717, 1.165) is 11.3 Å². The summed E-state index contributed by atoms with van der Waals surface area (Å²) in [4.78, 5) is 11.1. The maximum atomic E-state index is 11.1. The number of hydrogen-bond donors (Lipinski definition) is 1. The van der Waals surface area contributed by atoms with E-state index in [9.17, 15) is 4.79 Å². The number of aliphatic carboxylic acids is 1. The summed E-state index contributed by atoms with van der Waals surface area (Å²) in [6.07, 6.45) is -0.533. The van der Waals surface area contributed by atoms with Crippen molar-refractivity contribution in [1.29, 1.82) is 0 Å². The summed E-state index contributed by atoms with van der Waals surface area (Å²) in [5.41, 5.74) is 4.76. The molecule has 0 spiro atoms. The second kappa shape index (κ2) is 11.3. The molecule has 0 aliphatic heterocycles. The quantitative estimate of drug-likeness (QED) is 0.418. The third-order valence-corrected chi connectivity index (χ3v) is 5.56. The SMILES string of the molecule is CO[C@@H](Cc1ccc(OCCOc2ccc(C(C)c3ccccc3C)cc2)cc1)C(=O)O.